The lowest BCUT2D eigenvalue weighted by molar-refractivity contribution is -0.268. The summed E-state index contributed by atoms with van der Waals surface area (Å²) in [6.07, 6.45) is 0.884. The highest BCUT2D eigenvalue weighted by molar-refractivity contribution is 7.97. The highest BCUT2D eigenvalue weighted by Gasteiger charge is 2.69. The molecule has 0 N–H and O–H groups in total. The third-order valence-electron chi connectivity index (χ3n) is 9.55. The number of carbonyl (C=O) groups is 3. The van der Waals surface area contributed by atoms with Gasteiger partial charge in [-0.15, -0.1) is 0 Å². The molecule has 3 aromatic carbocycles. The maximum absolute atomic E-state index is 13.5. The molecule has 0 aromatic heterocycles. The van der Waals surface area contributed by atoms with Crippen LogP contribution in [0.3, 0.4) is 0 Å². The zero-order chi connectivity index (χ0) is 37.5. The summed E-state index contributed by atoms with van der Waals surface area (Å²) in [5.74, 6) is -0.0276. The van der Waals surface area contributed by atoms with Crippen LogP contribution in [-0.2, 0) is 39.4 Å². The fourth-order valence-electron chi connectivity index (χ4n) is 8.26. The SMILES string of the molecule is Cc1ccc([S+](c2ccc(C)cc2)c2ccc(OCC(=O)OC34CC5CC(OC(=O)OC(C)(C)C)(C3)CC(OC(=O)OC(C)(C)C)(C5)C4)cc2)cc1. The molecular weight excluding hydrogens is 681 g/mol. The topological polar surface area (TPSA) is 107 Å². The van der Waals surface area contributed by atoms with Gasteiger partial charge < -0.3 is 28.4 Å². The fourth-order valence-corrected chi connectivity index (χ4v) is 10.3. The lowest BCUT2D eigenvalue weighted by atomic mass is 9.50. The first-order valence-corrected chi connectivity index (χ1v) is 19.2. The Kier molecular flexibility index (Phi) is 10.1. The van der Waals surface area contributed by atoms with Gasteiger partial charge in [-0.1, -0.05) is 35.4 Å². The van der Waals surface area contributed by atoms with Crippen LogP contribution in [0.15, 0.2) is 87.5 Å². The van der Waals surface area contributed by atoms with Gasteiger partial charge in [0.25, 0.3) is 0 Å². The summed E-state index contributed by atoms with van der Waals surface area (Å²) in [4.78, 5) is 43.1. The van der Waals surface area contributed by atoms with E-state index in [1.807, 2.05) is 24.3 Å². The van der Waals surface area contributed by atoms with Gasteiger partial charge in [-0.05, 0) is 129 Å². The van der Waals surface area contributed by atoms with Crippen LogP contribution in [0, 0.1) is 19.8 Å². The van der Waals surface area contributed by atoms with Crippen molar-refractivity contribution in [1.82, 2.24) is 0 Å². The molecule has 4 aliphatic rings. The van der Waals surface area contributed by atoms with Crippen LogP contribution in [0.1, 0.15) is 91.2 Å². The van der Waals surface area contributed by atoms with Crippen molar-refractivity contribution in [3.8, 4) is 5.75 Å². The highest BCUT2D eigenvalue weighted by atomic mass is 32.2. The number of benzene rings is 3. The van der Waals surface area contributed by atoms with E-state index in [4.69, 9.17) is 28.4 Å². The predicted octanol–water partition coefficient (Wildman–Crippen LogP) is 9.44. The molecule has 52 heavy (non-hydrogen) atoms. The van der Waals surface area contributed by atoms with Crippen molar-refractivity contribution in [1.29, 1.82) is 0 Å². The van der Waals surface area contributed by atoms with E-state index in [1.165, 1.54) is 20.9 Å². The first-order valence-electron chi connectivity index (χ1n) is 18.0. The van der Waals surface area contributed by atoms with E-state index in [2.05, 4.69) is 62.4 Å². The Morgan fingerprint density at radius 2 is 0.962 bits per heavy atom. The van der Waals surface area contributed by atoms with Crippen molar-refractivity contribution in [3.05, 3.63) is 83.9 Å². The second kappa shape index (κ2) is 14.0. The number of hydrogen-bond donors (Lipinski definition) is 0. The van der Waals surface area contributed by atoms with E-state index in [9.17, 15) is 14.4 Å². The molecule has 9 nitrogen and oxygen atoms in total. The Morgan fingerprint density at radius 3 is 1.35 bits per heavy atom. The molecule has 2 atom stereocenters. The number of carbonyl (C=O) groups excluding carboxylic acids is 3. The van der Waals surface area contributed by atoms with Gasteiger partial charge >= 0.3 is 18.3 Å². The lowest BCUT2D eigenvalue weighted by Gasteiger charge is -2.63. The Balaban J connectivity index is 1.17. The molecule has 4 aliphatic carbocycles. The van der Waals surface area contributed by atoms with Gasteiger partial charge in [0.2, 0.25) is 0 Å². The van der Waals surface area contributed by atoms with Crippen LogP contribution in [0.5, 0.6) is 5.75 Å². The number of esters is 1. The molecule has 278 valence electrons. The van der Waals surface area contributed by atoms with Crippen molar-refractivity contribution in [2.24, 2.45) is 5.92 Å². The molecule has 2 unspecified atom stereocenters. The Labute approximate surface area is 310 Å². The van der Waals surface area contributed by atoms with E-state index >= 15 is 0 Å². The smallest absolute Gasteiger partial charge is 0.482 e. The monoisotopic (exact) mass is 731 g/mol. The van der Waals surface area contributed by atoms with Gasteiger partial charge in [-0.25, -0.2) is 14.4 Å². The second-order valence-corrected chi connectivity index (χ2v) is 18.9. The summed E-state index contributed by atoms with van der Waals surface area (Å²) in [7, 11) is -0.326. The van der Waals surface area contributed by atoms with Gasteiger partial charge in [-0.3, -0.25) is 0 Å². The zero-order valence-corrected chi connectivity index (χ0v) is 32.4. The van der Waals surface area contributed by atoms with Crippen molar-refractivity contribution in [2.45, 2.75) is 137 Å². The van der Waals surface area contributed by atoms with Crippen LogP contribution >= 0.6 is 0 Å². The summed E-state index contributed by atoms with van der Waals surface area (Å²) < 4.78 is 35.4. The van der Waals surface area contributed by atoms with Crippen molar-refractivity contribution < 1.29 is 42.8 Å². The van der Waals surface area contributed by atoms with Crippen molar-refractivity contribution in [3.63, 3.8) is 0 Å². The molecule has 10 heteroatoms. The Hall–Kier alpha value is -4.18. The number of aryl methyl sites for hydroxylation is 2. The molecule has 0 aliphatic heterocycles. The number of rotatable bonds is 9. The van der Waals surface area contributed by atoms with Crippen molar-refractivity contribution in [2.75, 3.05) is 6.61 Å². The largest absolute Gasteiger partial charge is 0.509 e. The van der Waals surface area contributed by atoms with E-state index in [0.717, 1.165) is 4.90 Å². The van der Waals surface area contributed by atoms with E-state index in [0.29, 0.717) is 25.0 Å². The highest BCUT2D eigenvalue weighted by Crippen LogP contribution is 2.63. The Bertz CT molecular complexity index is 1680. The third-order valence-corrected chi connectivity index (χ3v) is 11.8. The molecule has 7 rings (SSSR count). The van der Waals surface area contributed by atoms with Crippen LogP contribution < -0.4 is 4.74 Å². The van der Waals surface area contributed by atoms with Gasteiger partial charge in [0.15, 0.2) is 21.3 Å². The molecule has 0 spiro atoms. The molecule has 4 fully saturated rings. The average molecular weight is 732 g/mol. The molecule has 0 heterocycles. The minimum absolute atomic E-state index is 0.0155. The summed E-state index contributed by atoms with van der Waals surface area (Å²) in [5.41, 5.74) is -2.20. The first-order chi connectivity index (χ1) is 24.3. The number of hydrogen-bond acceptors (Lipinski definition) is 9. The molecule has 4 saturated carbocycles. The van der Waals surface area contributed by atoms with Gasteiger partial charge in [0, 0.05) is 19.3 Å². The minimum atomic E-state index is -1.03. The molecule has 3 aromatic rings. The van der Waals surface area contributed by atoms with Crippen molar-refractivity contribution >= 4 is 29.2 Å². The van der Waals surface area contributed by atoms with Crippen LogP contribution in [0.2, 0.25) is 0 Å². The first kappa shape index (κ1) is 37.6. The van der Waals surface area contributed by atoms with Crippen LogP contribution in [0.25, 0.3) is 0 Å². The standard InChI is InChI=1S/C42H51O9S/c1-28-9-15-32(16-10-28)52(33-17-11-29(2)12-18-33)34-19-13-31(14-20-34)46-24-35(43)47-40-21-30-22-41(25-40,50-36(44)48-38(3,4)5)27-42(23-30,26-40)51-37(45)49-39(6,7)8/h9-20,30H,21-27H2,1-8H3/q+1. The summed E-state index contributed by atoms with van der Waals surface area (Å²) in [6.45, 7) is 14.5. The summed E-state index contributed by atoms with van der Waals surface area (Å²) in [6, 6.07) is 25.1. The Morgan fingerprint density at radius 1 is 0.596 bits per heavy atom. The summed E-state index contributed by atoms with van der Waals surface area (Å²) in [5, 5.41) is 0. The maximum atomic E-state index is 13.5. The predicted molar refractivity (Wildman–Crippen MR) is 197 cm³/mol. The average Bonchev–Trinajstić information content (AvgIpc) is 2.99. The summed E-state index contributed by atoms with van der Waals surface area (Å²) >= 11 is 0. The van der Waals surface area contributed by atoms with Crippen LogP contribution in [-0.4, -0.2) is 52.9 Å². The second-order valence-electron chi connectivity index (χ2n) is 16.9. The quantitative estimate of drug-likeness (QED) is 0.121. The normalized spacial score (nSPS) is 25.0. The maximum Gasteiger partial charge on any atom is 0.509 e. The minimum Gasteiger partial charge on any atom is -0.482 e. The van der Waals surface area contributed by atoms with E-state index in [-0.39, 0.29) is 42.7 Å². The van der Waals surface area contributed by atoms with E-state index in [1.54, 1.807) is 41.5 Å². The zero-order valence-electron chi connectivity index (χ0n) is 31.5. The fraction of sp³-hybridized carbons (Fsp3) is 0.500. The van der Waals surface area contributed by atoms with Gasteiger partial charge in [0.05, 0.1) is 10.9 Å². The van der Waals surface area contributed by atoms with Gasteiger partial charge in [0.1, 0.15) is 33.8 Å². The molecule has 4 bridgehead atoms. The third kappa shape index (κ3) is 9.06. The lowest BCUT2D eigenvalue weighted by Crippen LogP contribution is -2.69. The molecule has 0 saturated heterocycles. The molecule has 0 radical (unpaired) electrons. The van der Waals surface area contributed by atoms with Crippen LogP contribution in [0.4, 0.5) is 9.59 Å². The van der Waals surface area contributed by atoms with E-state index < -0.39 is 46.3 Å². The molecular formula is C42H51O9S+. The molecule has 0 amide bonds. The van der Waals surface area contributed by atoms with Gasteiger partial charge in [-0.2, -0.15) is 0 Å². The number of ether oxygens (including phenoxy) is 6.